The van der Waals surface area contributed by atoms with E-state index in [2.05, 4.69) is 10.3 Å². The highest BCUT2D eigenvalue weighted by atomic mass is 32.2. The number of sulfonamides is 1. The third kappa shape index (κ3) is 5.99. The van der Waals surface area contributed by atoms with Crippen molar-refractivity contribution in [1.82, 2.24) is 9.29 Å². The Bertz CT molecular complexity index is 1120. The Hall–Kier alpha value is -3.03. The van der Waals surface area contributed by atoms with Crippen LogP contribution in [-0.2, 0) is 27.8 Å². The number of anilines is 1. The van der Waals surface area contributed by atoms with E-state index in [1.807, 2.05) is 42.5 Å². The summed E-state index contributed by atoms with van der Waals surface area (Å²) in [4.78, 5) is 16.2. The Morgan fingerprint density at radius 2 is 1.77 bits per heavy atom. The van der Waals surface area contributed by atoms with Crippen molar-refractivity contribution in [3.05, 3.63) is 89.7 Å². The zero-order valence-corrected chi connectivity index (χ0v) is 18.6. The minimum Gasteiger partial charge on any atom is -0.326 e. The van der Waals surface area contributed by atoms with Gasteiger partial charge < -0.3 is 5.32 Å². The fourth-order valence-corrected chi connectivity index (χ4v) is 4.88. The van der Waals surface area contributed by atoms with Gasteiger partial charge in [0.25, 0.3) is 0 Å². The van der Waals surface area contributed by atoms with E-state index in [0.717, 1.165) is 5.56 Å². The van der Waals surface area contributed by atoms with Crippen molar-refractivity contribution >= 4 is 21.6 Å². The van der Waals surface area contributed by atoms with Gasteiger partial charge in [0.05, 0.1) is 17.1 Å². The van der Waals surface area contributed by atoms with Crippen LogP contribution in [0.25, 0.3) is 0 Å². The molecule has 0 bridgehead atoms. The summed E-state index contributed by atoms with van der Waals surface area (Å²) in [6.45, 7) is 4.02. The highest BCUT2D eigenvalue weighted by molar-refractivity contribution is 7.89. The highest BCUT2D eigenvalue weighted by Crippen LogP contribution is 2.25. The van der Waals surface area contributed by atoms with E-state index >= 15 is 0 Å². The van der Waals surface area contributed by atoms with E-state index in [-0.39, 0.29) is 17.3 Å². The SMILES string of the molecule is CCC(=O)Nc1ccc(S(=O)(=O)N(CCc2ccccc2)Cc2ccccn2)c(C)c1. The normalized spacial score (nSPS) is 11.5. The number of aromatic nitrogens is 1. The van der Waals surface area contributed by atoms with Gasteiger partial charge in [0.15, 0.2) is 0 Å². The average Bonchev–Trinajstić information content (AvgIpc) is 2.77. The number of carbonyl (C=O) groups excluding carboxylic acids is 1. The average molecular weight is 438 g/mol. The van der Waals surface area contributed by atoms with Crippen LogP contribution in [0.1, 0.15) is 30.2 Å². The molecule has 1 heterocycles. The summed E-state index contributed by atoms with van der Waals surface area (Å²) >= 11 is 0. The second kappa shape index (κ2) is 10.3. The van der Waals surface area contributed by atoms with Crippen molar-refractivity contribution in [2.24, 2.45) is 0 Å². The standard InChI is InChI=1S/C24H27N3O3S/c1-3-24(28)26-21-12-13-23(19(2)17-21)31(29,30)27(18-22-11-7-8-15-25-22)16-14-20-9-5-4-6-10-20/h4-13,15,17H,3,14,16,18H2,1-2H3,(H,26,28). The summed E-state index contributed by atoms with van der Waals surface area (Å²) in [5, 5.41) is 2.77. The van der Waals surface area contributed by atoms with Gasteiger partial charge in [-0.2, -0.15) is 4.31 Å². The summed E-state index contributed by atoms with van der Waals surface area (Å²) in [5.41, 5.74) is 2.92. The van der Waals surface area contributed by atoms with E-state index in [9.17, 15) is 13.2 Å². The number of hydrogen-bond acceptors (Lipinski definition) is 4. The van der Waals surface area contributed by atoms with E-state index in [1.165, 1.54) is 4.31 Å². The van der Waals surface area contributed by atoms with Gasteiger partial charge >= 0.3 is 0 Å². The fourth-order valence-electron chi connectivity index (χ4n) is 3.26. The van der Waals surface area contributed by atoms with Crippen molar-refractivity contribution in [2.75, 3.05) is 11.9 Å². The molecule has 3 aromatic rings. The lowest BCUT2D eigenvalue weighted by Gasteiger charge is -2.23. The van der Waals surface area contributed by atoms with Crippen molar-refractivity contribution < 1.29 is 13.2 Å². The molecule has 31 heavy (non-hydrogen) atoms. The summed E-state index contributed by atoms with van der Waals surface area (Å²) in [6, 6.07) is 20.2. The quantitative estimate of drug-likeness (QED) is 0.545. The number of hydrogen-bond donors (Lipinski definition) is 1. The smallest absolute Gasteiger partial charge is 0.243 e. The lowest BCUT2D eigenvalue weighted by atomic mass is 10.1. The fraction of sp³-hybridized carbons (Fsp3) is 0.250. The van der Waals surface area contributed by atoms with Gasteiger partial charge in [-0.1, -0.05) is 43.3 Å². The predicted octanol–water partition coefficient (Wildman–Crippen LogP) is 4.17. The van der Waals surface area contributed by atoms with Gasteiger partial charge in [0.1, 0.15) is 0 Å². The Morgan fingerprint density at radius 3 is 2.42 bits per heavy atom. The zero-order chi connectivity index (χ0) is 22.3. The minimum absolute atomic E-state index is 0.116. The Kier molecular flexibility index (Phi) is 7.55. The van der Waals surface area contributed by atoms with Gasteiger partial charge in [0.2, 0.25) is 15.9 Å². The summed E-state index contributed by atoms with van der Waals surface area (Å²) in [5.74, 6) is -0.116. The lowest BCUT2D eigenvalue weighted by molar-refractivity contribution is -0.115. The Morgan fingerprint density at radius 1 is 1.03 bits per heavy atom. The maximum absolute atomic E-state index is 13.6. The molecule has 0 aliphatic rings. The van der Waals surface area contributed by atoms with Crippen molar-refractivity contribution in [1.29, 1.82) is 0 Å². The van der Waals surface area contributed by atoms with Gasteiger partial charge in [-0.3, -0.25) is 9.78 Å². The largest absolute Gasteiger partial charge is 0.326 e. The number of nitrogens with one attached hydrogen (secondary N) is 1. The first kappa shape index (κ1) is 22.7. The van der Waals surface area contributed by atoms with Gasteiger partial charge in [-0.15, -0.1) is 0 Å². The number of rotatable bonds is 9. The third-order valence-corrected chi connectivity index (χ3v) is 6.96. The van der Waals surface area contributed by atoms with Gasteiger partial charge in [-0.25, -0.2) is 8.42 Å². The third-order valence-electron chi connectivity index (χ3n) is 4.95. The van der Waals surface area contributed by atoms with Crippen LogP contribution in [0.4, 0.5) is 5.69 Å². The molecule has 1 aromatic heterocycles. The van der Waals surface area contributed by atoms with Crippen molar-refractivity contribution in [3.8, 4) is 0 Å². The van der Waals surface area contributed by atoms with Crippen LogP contribution < -0.4 is 5.32 Å². The van der Waals surface area contributed by atoms with Gasteiger partial charge in [0, 0.05) is 24.8 Å². The molecule has 0 aliphatic heterocycles. The molecule has 1 N–H and O–H groups in total. The molecular weight excluding hydrogens is 410 g/mol. The van der Waals surface area contributed by atoms with E-state index in [1.54, 1.807) is 44.3 Å². The van der Waals surface area contributed by atoms with Crippen LogP contribution in [0.15, 0.2) is 77.8 Å². The molecule has 0 fully saturated rings. The number of nitrogens with zero attached hydrogens (tertiary/aromatic N) is 2. The molecule has 0 saturated carbocycles. The Balaban J connectivity index is 1.89. The van der Waals surface area contributed by atoms with Crippen LogP contribution in [0.5, 0.6) is 0 Å². The first-order chi connectivity index (χ1) is 14.9. The van der Waals surface area contributed by atoms with Crippen LogP contribution in [-0.4, -0.2) is 30.2 Å². The van der Waals surface area contributed by atoms with Crippen LogP contribution >= 0.6 is 0 Å². The zero-order valence-electron chi connectivity index (χ0n) is 17.8. The Labute approximate surface area is 184 Å². The first-order valence-corrected chi connectivity index (χ1v) is 11.7. The maximum Gasteiger partial charge on any atom is 0.243 e. The molecule has 3 rings (SSSR count). The summed E-state index contributed by atoms with van der Waals surface area (Å²) < 4.78 is 28.6. The molecular formula is C24H27N3O3S. The summed E-state index contributed by atoms with van der Waals surface area (Å²) in [6.07, 6.45) is 2.61. The topological polar surface area (TPSA) is 79.4 Å². The minimum atomic E-state index is -3.77. The number of amides is 1. The molecule has 0 atom stereocenters. The number of pyridine rings is 1. The molecule has 0 spiro atoms. The molecule has 1 amide bonds. The maximum atomic E-state index is 13.6. The predicted molar refractivity (Wildman–Crippen MR) is 122 cm³/mol. The van der Waals surface area contributed by atoms with Crippen LogP contribution in [0.2, 0.25) is 0 Å². The molecule has 0 unspecified atom stereocenters. The lowest BCUT2D eigenvalue weighted by Crippen LogP contribution is -2.33. The monoisotopic (exact) mass is 437 g/mol. The molecule has 0 radical (unpaired) electrons. The highest BCUT2D eigenvalue weighted by Gasteiger charge is 2.26. The van der Waals surface area contributed by atoms with E-state index < -0.39 is 10.0 Å². The first-order valence-electron chi connectivity index (χ1n) is 10.2. The second-order valence-electron chi connectivity index (χ2n) is 7.28. The molecule has 7 heteroatoms. The number of aryl methyl sites for hydroxylation is 1. The van der Waals surface area contributed by atoms with Crippen molar-refractivity contribution in [3.63, 3.8) is 0 Å². The molecule has 6 nitrogen and oxygen atoms in total. The number of benzene rings is 2. The molecule has 0 saturated heterocycles. The molecule has 0 aliphatic carbocycles. The van der Waals surface area contributed by atoms with Gasteiger partial charge in [-0.05, 0) is 54.8 Å². The van der Waals surface area contributed by atoms with Crippen molar-refractivity contribution in [2.45, 2.75) is 38.1 Å². The van der Waals surface area contributed by atoms with E-state index in [4.69, 9.17) is 0 Å². The van der Waals surface area contributed by atoms with E-state index in [0.29, 0.717) is 36.3 Å². The van der Waals surface area contributed by atoms with Crippen LogP contribution in [0, 0.1) is 6.92 Å². The number of carbonyl (C=O) groups is 1. The summed E-state index contributed by atoms with van der Waals surface area (Å²) in [7, 11) is -3.77. The second-order valence-corrected chi connectivity index (χ2v) is 9.18. The molecule has 2 aromatic carbocycles. The molecule has 162 valence electrons. The van der Waals surface area contributed by atoms with Crippen LogP contribution in [0.3, 0.4) is 0 Å².